The zero-order valence-corrected chi connectivity index (χ0v) is 21.1. The number of nitrogens with one attached hydrogen (secondary N) is 1. The van der Waals surface area contributed by atoms with Crippen LogP contribution in [0.5, 0.6) is 0 Å². The first-order valence-corrected chi connectivity index (χ1v) is 12.1. The number of aromatic nitrogens is 4. The molecule has 0 unspecified atom stereocenters. The van der Waals surface area contributed by atoms with Crippen molar-refractivity contribution in [3.05, 3.63) is 99.2 Å². The molecule has 4 aromatic rings. The quantitative estimate of drug-likeness (QED) is 0.332. The van der Waals surface area contributed by atoms with Crippen LogP contribution in [0.4, 0.5) is 19.0 Å². The first kappa shape index (κ1) is 26.2. The van der Waals surface area contributed by atoms with E-state index in [-0.39, 0.29) is 11.1 Å². The Labute approximate surface area is 213 Å². The number of halogens is 3. The van der Waals surface area contributed by atoms with Gasteiger partial charge in [-0.2, -0.15) is 18.3 Å². The molecule has 0 bridgehead atoms. The molecule has 2 aromatic carbocycles. The van der Waals surface area contributed by atoms with Crippen LogP contribution in [0, 0.1) is 0 Å². The van der Waals surface area contributed by atoms with E-state index in [2.05, 4.69) is 48.0 Å². The number of nitrogens with zero attached hydrogens (tertiary/aromatic N) is 3. The number of hydrogen-bond acceptors (Lipinski definition) is 4. The lowest BCUT2D eigenvalue weighted by atomic mass is 9.87. The van der Waals surface area contributed by atoms with Gasteiger partial charge in [-0.05, 0) is 47.1 Å². The Bertz CT molecular complexity index is 1410. The van der Waals surface area contributed by atoms with Crippen LogP contribution in [0.3, 0.4) is 0 Å². The summed E-state index contributed by atoms with van der Waals surface area (Å²) in [4.78, 5) is 19.1. The molecule has 2 heterocycles. The van der Waals surface area contributed by atoms with Gasteiger partial charge in [-0.3, -0.25) is 4.98 Å². The van der Waals surface area contributed by atoms with Crippen LogP contribution in [0.2, 0.25) is 0 Å². The molecular weight excluding hydrogens is 479 g/mol. The summed E-state index contributed by atoms with van der Waals surface area (Å²) in [6, 6.07) is 17.9. The van der Waals surface area contributed by atoms with Gasteiger partial charge in [0, 0.05) is 12.0 Å². The fourth-order valence-corrected chi connectivity index (χ4v) is 4.08. The summed E-state index contributed by atoms with van der Waals surface area (Å²) in [5.74, 6) is 0.0989. The molecule has 3 N–H and O–H groups in total. The Morgan fingerprint density at radius 3 is 2.14 bits per heavy atom. The van der Waals surface area contributed by atoms with Gasteiger partial charge in [0.1, 0.15) is 11.6 Å². The topological polar surface area (TPSA) is 89.6 Å². The minimum absolute atomic E-state index is 0.0717. The predicted molar refractivity (Wildman–Crippen MR) is 138 cm³/mol. The number of rotatable bonds is 7. The third-order valence-corrected chi connectivity index (χ3v) is 6.24. The fraction of sp³-hybridized carbons (Fsp3) is 0.321. The molecule has 0 saturated carbocycles. The molecule has 0 radical (unpaired) electrons. The number of alkyl halides is 3. The standard InChI is InChI=1S/C28H30F3N5O/c1-27(2,3)21-13-9-19(10-14-21)17-36-26(37)34-24(35-36)6-4-5-18-7-11-20(12-8-18)23-16-15-22(25(32)33-23)28(29,30)31/h7-16H,4-6,17H2,1-3H3,(H2,32,33)(H,34,35,37). The largest absolute Gasteiger partial charge is 0.419 e. The number of aryl methyl sites for hydroxylation is 2. The third-order valence-electron chi connectivity index (χ3n) is 6.24. The van der Waals surface area contributed by atoms with Crippen molar-refractivity contribution in [1.29, 1.82) is 0 Å². The number of anilines is 1. The number of H-pyrrole nitrogens is 1. The van der Waals surface area contributed by atoms with Crippen LogP contribution in [0.1, 0.15) is 55.3 Å². The monoisotopic (exact) mass is 509 g/mol. The van der Waals surface area contributed by atoms with Gasteiger partial charge in [0.15, 0.2) is 0 Å². The SMILES string of the molecule is CC(C)(C)c1ccc(Cn2nc(CCCc3ccc(-c4ccc(C(F)(F)F)c(N)n4)cc3)[nH]c2=O)cc1. The molecule has 0 saturated heterocycles. The smallest absolute Gasteiger partial charge is 0.383 e. The molecule has 194 valence electrons. The molecule has 0 aliphatic rings. The van der Waals surface area contributed by atoms with E-state index < -0.39 is 17.6 Å². The lowest BCUT2D eigenvalue weighted by molar-refractivity contribution is -0.137. The van der Waals surface area contributed by atoms with Gasteiger partial charge in [0.2, 0.25) is 0 Å². The van der Waals surface area contributed by atoms with Gasteiger partial charge in [0.25, 0.3) is 0 Å². The van der Waals surface area contributed by atoms with Crippen LogP contribution in [-0.2, 0) is 31.0 Å². The maximum atomic E-state index is 12.9. The summed E-state index contributed by atoms with van der Waals surface area (Å²) in [7, 11) is 0. The Balaban J connectivity index is 1.33. The van der Waals surface area contributed by atoms with Crippen molar-refractivity contribution in [2.75, 3.05) is 5.73 Å². The van der Waals surface area contributed by atoms with Gasteiger partial charge < -0.3 is 5.73 Å². The van der Waals surface area contributed by atoms with E-state index in [1.54, 1.807) is 0 Å². The maximum Gasteiger partial charge on any atom is 0.419 e. The van der Waals surface area contributed by atoms with E-state index in [1.165, 1.54) is 16.3 Å². The number of hydrogen-bond donors (Lipinski definition) is 2. The Kier molecular flexibility index (Phi) is 7.25. The molecule has 2 aromatic heterocycles. The summed E-state index contributed by atoms with van der Waals surface area (Å²) in [6.07, 6.45) is -2.38. The first-order chi connectivity index (χ1) is 17.4. The van der Waals surface area contributed by atoms with Gasteiger partial charge in [0.05, 0.1) is 17.8 Å². The molecule has 0 fully saturated rings. The highest BCUT2D eigenvalue weighted by Crippen LogP contribution is 2.34. The molecule has 0 amide bonds. The average molecular weight is 510 g/mol. The lowest BCUT2D eigenvalue weighted by Crippen LogP contribution is -2.19. The van der Waals surface area contributed by atoms with Crippen molar-refractivity contribution in [1.82, 2.24) is 19.7 Å². The molecule has 37 heavy (non-hydrogen) atoms. The minimum Gasteiger partial charge on any atom is -0.383 e. The Morgan fingerprint density at radius 1 is 0.892 bits per heavy atom. The minimum atomic E-state index is -4.53. The fourth-order valence-electron chi connectivity index (χ4n) is 4.08. The highest BCUT2D eigenvalue weighted by molar-refractivity contribution is 5.62. The van der Waals surface area contributed by atoms with E-state index in [0.717, 1.165) is 30.0 Å². The summed E-state index contributed by atoms with van der Waals surface area (Å²) in [5.41, 5.74) is 8.78. The highest BCUT2D eigenvalue weighted by Gasteiger charge is 2.33. The van der Waals surface area contributed by atoms with Crippen LogP contribution in [0.25, 0.3) is 11.3 Å². The van der Waals surface area contributed by atoms with Gasteiger partial charge >= 0.3 is 11.9 Å². The predicted octanol–water partition coefficient (Wildman–Crippen LogP) is 5.76. The van der Waals surface area contributed by atoms with Crippen molar-refractivity contribution in [3.8, 4) is 11.3 Å². The second-order valence-electron chi connectivity index (χ2n) is 10.2. The van der Waals surface area contributed by atoms with Crippen molar-refractivity contribution in [2.24, 2.45) is 0 Å². The summed E-state index contributed by atoms with van der Waals surface area (Å²) >= 11 is 0. The van der Waals surface area contributed by atoms with E-state index in [0.29, 0.717) is 30.0 Å². The highest BCUT2D eigenvalue weighted by atomic mass is 19.4. The van der Waals surface area contributed by atoms with Crippen LogP contribution >= 0.6 is 0 Å². The second-order valence-corrected chi connectivity index (χ2v) is 10.2. The zero-order chi connectivity index (χ0) is 26.8. The van der Waals surface area contributed by atoms with E-state index in [1.807, 2.05) is 36.4 Å². The Morgan fingerprint density at radius 2 is 1.54 bits per heavy atom. The van der Waals surface area contributed by atoms with Crippen LogP contribution in [-0.4, -0.2) is 19.7 Å². The molecule has 0 atom stereocenters. The lowest BCUT2D eigenvalue weighted by Gasteiger charge is -2.19. The average Bonchev–Trinajstić information content (AvgIpc) is 3.17. The normalized spacial score (nSPS) is 12.2. The number of nitrogen functional groups attached to an aromatic ring is 1. The van der Waals surface area contributed by atoms with Crippen molar-refractivity contribution in [3.63, 3.8) is 0 Å². The number of benzene rings is 2. The second kappa shape index (κ2) is 10.2. The molecule has 0 spiro atoms. The maximum absolute atomic E-state index is 12.9. The van der Waals surface area contributed by atoms with Crippen molar-refractivity contribution in [2.45, 2.75) is 58.2 Å². The molecular formula is C28H30F3N5O. The summed E-state index contributed by atoms with van der Waals surface area (Å²) in [5, 5.41) is 4.44. The van der Waals surface area contributed by atoms with Crippen LogP contribution < -0.4 is 11.4 Å². The summed E-state index contributed by atoms with van der Waals surface area (Å²) < 4.78 is 40.1. The van der Waals surface area contributed by atoms with Crippen molar-refractivity contribution >= 4 is 5.82 Å². The van der Waals surface area contributed by atoms with E-state index >= 15 is 0 Å². The van der Waals surface area contributed by atoms with Gasteiger partial charge in [-0.1, -0.05) is 69.3 Å². The third kappa shape index (κ3) is 6.47. The number of aromatic amines is 1. The van der Waals surface area contributed by atoms with E-state index in [4.69, 9.17) is 5.73 Å². The molecule has 9 heteroatoms. The summed E-state index contributed by atoms with van der Waals surface area (Å²) in [6.45, 7) is 6.89. The molecule has 0 aliphatic heterocycles. The number of pyridine rings is 1. The zero-order valence-electron chi connectivity index (χ0n) is 21.1. The molecule has 0 aliphatic carbocycles. The molecule has 4 rings (SSSR count). The van der Waals surface area contributed by atoms with Gasteiger partial charge in [-0.25, -0.2) is 14.5 Å². The van der Waals surface area contributed by atoms with Gasteiger partial charge in [-0.15, -0.1) is 0 Å². The molecule has 6 nitrogen and oxygen atoms in total. The first-order valence-electron chi connectivity index (χ1n) is 12.1. The Hall–Kier alpha value is -3.88. The van der Waals surface area contributed by atoms with Crippen molar-refractivity contribution < 1.29 is 13.2 Å². The number of nitrogens with two attached hydrogens (primary N) is 1. The van der Waals surface area contributed by atoms with Crippen LogP contribution in [0.15, 0.2) is 65.5 Å². The van der Waals surface area contributed by atoms with E-state index in [9.17, 15) is 18.0 Å².